The molecule has 2 aromatic carbocycles. The van der Waals surface area contributed by atoms with Gasteiger partial charge in [0.2, 0.25) is 0 Å². The normalized spacial score (nSPS) is 15.8. The van der Waals surface area contributed by atoms with Crippen LogP contribution in [0.25, 0.3) is 0 Å². The second kappa shape index (κ2) is 6.71. The van der Waals surface area contributed by atoms with Gasteiger partial charge < -0.3 is 15.4 Å². The van der Waals surface area contributed by atoms with Gasteiger partial charge in [0.25, 0.3) is 0 Å². The van der Waals surface area contributed by atoms with Crippen LogP contribution in [0.15, 0.2) is 48.5 Å². The average molecular weight is 317 g/mol. The second-order valence-corrected chi connectivity index (χ2v) is 5.67. The summed E-state index contributed by atoms with van der Waals surface area (Å²) in [5.74, 6) is 1.12. The van der Waals surface area contributed by atoms with Gasteiger partial charge in [-0.05, 0) is 23.8 Å². The predicted molar refractivity (Wildman–Crippen MR) is 86.4 cm³/mol. The number of para-hydroxylation sites is 1. The molecule has 1 unspecified atom stereocenters. The third-order valence-corrected chi connectivity index (χ3v) is 3.93. The summed E-state index contributed by atoms with van der Waals surface area (Å²) in [6, 6.07) is 15.2. The average Bonchev–Trinajstić information content (AvgIpc) is 2.96. The van der Waals surface area contributed by atoms with Gasteiger partial charge in [-0.3, -0.25) is 0 Å². The maximum absolute atomic E-state index is 11.9. The van der Waals surface area contributed by atoms with Crippen molar-refractivity contribution >= 4 is 17.6 Å². The van der Waals surface area contributed by atoms with Gasteiger partial charge >= 0.3 is 6.03 Å². The molecule has 0 radical (unpaired) electrons. The minimum absolute atomic E-state index is 0.181. The van der Waals surface area contributed by atoms with Crippen molar-refractivity contribution in [1.82, 2.24) is 10.6 Å². The number of benzene rings is 2. The molecular formula is C17H17ClN2O2. The number of carbonyl (C=O) groups excluding carboxylic acids is 1. The summed E-state index contributed by atoms with van der Waals surface area (Å²) < 4.78 is 5.60. The summed E-state index contributed by atoms with van der Waals surface area (Å²) in [7, 11) is 0. The smallest absolute Gasteiger partial charge is 0.315 e. The van der Waals surface area contributed by atoms with Gasteiger partial charge in [0.1, 0.15) is 5.75 Å². The summed E-state index contributed by atoms with van der Waals surface area (Å²) in [6.45, 7) is 1.64. The summed E-state index contributed by atoms with van der Waals surface area (Å²) in [5.41, 5.74) is 2.16. The lowest BCUT2D eigenvalue weighted by Gasteiger charge is -2.11. The SMILES string of the molecule is O=C(NCc1ccc(Cl)cc1)NCC1COc2ccccc21. The minimum atomic E-state index is -0.181. The Bertz CT molecular complexity index is 658. The van der Waals surface area contributed by atoms with E-state index in [-0.39, 0.29) is 11.9 Å². The van der Waals surface area contributed by atoms with Crippen LogP contribution in [-0.2, 0) is 6.54 Å². The quantitative estimate of drug-likeness (QED) is 0.909. The first kappa shape index (κ1) is 14.7. The number of halogens is 1. The van der Waals surface area contributed by atoms with E-state index in [1.54, 1.807) is 0 Å². The number of hydrogen-bond acceptors (Lipinski definition) is 2. The Morgan fingerprint density at radius 3 is 2.73 bits per heavy atom. The largest absolute Gasteiger partial charge is 0.493 e. The van der Waals surface area contributed by atoms with Crippen molar-refractivity contribution < 1.29 is 9.53 Å². The fourth-order valence-electron chi connectivity index (χ4n) is 2.46. The van der Waals surface area contributed by atoms with E-state index in [9.17, 15) is 4.79 Å². The first-order chi connectivity index (χ1) is 10.7. The lowest BCUT2D eigenvalue weighted by Crippen LogP contribution is -2.37. The molecule has 0 aliphatic carbocycles. The highest BCUT2D eigenvalue weighted by Gasteiger charge is 2.23. The Morgan fingerprint density at radius 1 is 1.14 bits per heavy atom. The number of rotatable bonds is 4. The molecule has 0 saturated carbocycles. The molecule has 1 heterocycles. The lowest BCUT2D eigenvalue weighted by atomic mass is 10.0. The van der Waals surface area contributed by atoms with Crippen LogP contribution in [0.2, 0.25) is 5.02 Å². The van der Waals surface area contributed by atoms with Gasteiger partial charge in [0.15, 0.2) is 0 Å². The molecule has 0 aromatic heterocycles. The van der Waals surface area contributed by atoms with Crippen LogP contribution in [-0.4, -0.2) is 19.2 Å². The first-order valence-corrected chi connectivity index (χ1v) is 7.58. The van der Waals surface area contributed by atoms with Crippen molar-refractivity contribution in [2.45, 2.75) is 12.5 Å². The number of amides is 2. The van der Waals surface area contributed by atoms with Crippen molar-refractivity contribution in [2.24, 2.45) is 0 Å². The number of carbonyl (C=O) groups is 1. The standard InChI is InChI=1S/C17H17ClN2O2/c18-14-7-5-12(6-8-14)9-19-17(21)20-10-13-11-22-16-4-2-1-3-15(13)16/h1-8,13H,9-11H2,(H2,19,20,21). The Kier molecular flexibility index (Phi) is 4.49. The number of urea groups is 1. The summed E-state index contributed by atoms with van der Waals surface area (Å²) in [4.78, 5) is 11.9. The number of ether oxygens (including phenoxy) is 1. The molecule has 114 valence electrons. The van der Waals surface area contributed by atoms with Crippen LogP contribution in [0.4, 0.5) is 4.79 Å². The topological polar surface area (TPSA) is 50.4 Å². The van der Waals surface area contributed by atoms with Crippen molar-refractivity contribution in [2.75, 3.05) is 13.2 Å². The molecule has 4 nitrogen and oxygen atoms in total. The lowest BCUT2D eigenvalue weighted by molar-refractivity contribution is 0.238. The van der Waals surface area contributed by atoms with Crippen LogP contribution in [0, 0.1) is 0 Å². The molecule has 0 spiro atoms. The summed E-state index contributed by atoms with van der Waals surface area (Å²) in [5, 5.41) is 6.41. The van der Waals surface area contributed by atoms with Crippen molar-refractivity contribution in [3.63, 3.8) is 0 Å². The fraction of sp³-hybridized carbons (Fsp3) is 0.235. The van der Waals surface area contributed by atoms with Crippen LogP contribution in [0.3, 0.4) is 0 Å². The summed E-state index contributed by atoms with van der Waals surface area (Å²) in [6.07, 6.45) is 0. The third-order valence-electron chi connectivity index (χ3n) is 3.67. The Hall–Kier alpha value is -2.20. The van der Waals surface area contributed by atoms with Crippen molar-refractivity contribution in [1.29, 1.82) is 0 Å². The monoisotopic (exact) mass is 316 g/mol. The molecule has 2 aromatic rings. The predicted octanol–water partition coefficient (Wildman–Crippen LogP) is 3.32. The van der Waals surface area contributed by atoms with Gasteiger partial charge in [-0.25, -0.2) is 4.79 Å². The second-order valence-electron chi connectivity index (χ2n) is 5.24. The van der Waals surface area contributed by atoms with Gasteiger partial charge in [-0.1, -0.05) is 41.9 Å². The number of nitrogens with one attached hydrogen (secondary N) is 2. The van der Waals surface area contributed by atoms with E-state index in [0.717, 1.165) is 16.9 Å². The van der Waals surface area contributed by atoms with E-state index in [2.05, 4.69) is 10.6 Å². The zero-order valence-corrected chi connectivity index (χ0v) is 12.8. The van der Waals surface area contributed by atoms with Crippen molar-refractivity contribution in [3.05, 3.63) is 64.7 Å². The summed E-state index contributed by atoms with van der Waals surface area (Å²) >= 11 is 5.83. The molecule has 2 N–H and O–H groups in total. The van der Waals surface area contributed by atoms with Gasteiger partial charge in [-0.15, -0.1) is 0 Å². The van der Waals surface area contributed by atoms with Gasteiger partial charge in [0.05, 0.1) is 6.61 Å². The maximum atomic E-state index is 11.9. The van der Waals surface area contributed by atoms with Crippen LogP contribution in [0.1, 0.15) is 17.0 Å². The van der Waals surface area contributed by atoms with Crippen LogP contribution < -0.4 is 15.4 Å². The van der Waals surface area contributed by atoms with E-state index in [1.807, 2.05) is 48.5 Å². The first-order valence-electron chi connectivity index (χ1n) is 7.20. The van der Waals surface area contributed by atoms with Crippen LogP contribution in [0.5, 0.6) is 5.75 Å². The number of fused-ring (bicyclic) bond motifs is 1. The zero-order chi connectivity index (χ0) is 15.4. The van der Waals surface area contributed by atoms with E-state index in [1.165, 1.54) is 0 Å². The zero-order valence-electron chi connectivity index (χ0n) is 12.0. The molecule has 1 atom stereocenters. The Labute approximate surface area is 134 Å². The fourth-order valence-corrected chi connectivity index (χ4v) is 2.59. The molecule has 1 aliphatic rings. The molecule has 0 fully saturated rings. The molecule has 0 saturated heterocycles. The highest BCUT2D eigenvalue weighted by molar-refractivity contribution is 6.30. The van der Waals surface area contributed by atoms with Crippen molar-refractivity contribution in [3.8, 4) is 5.75 Å². The third kappa shape index (κ3) is 3.52. The maximum Gasteiger partial charge on any atom is 0.315 e. The molecule has 3 rings (SSSR count). The number of hydrogen-bond donors (Lipinski definition) is 2. The highest BCUT2D eigenvalue weighted by atomic mass is 35.5. The van der Waals surface area contributed by atoms with E-state index < -0.39 is 0 Å². The highest BCUT2D eigenvalue weighted by Crippen LogP contribution is 2.32. The Morgan fingerprint density at radius 2 is 1.91 bits per heavy atom. The molecule has 1 aliphatic heterocycles. The molecule has 2 amide bonds. The minimum Gasteiger partial charge on any atom is -0.493 e. The van der Waals surface area contributed by atoms with E-state index in [4.69, 9.17) is 16.3 Å². The molecule has 22 heavy (non-hydrogen) atoms. The van der Waals surface area contributed by atoms with E-state index in [0.29, 0.717) is 24.7 Å². The van der Waals surface area contributed by atoms with Gasteiger partial charge in [-0.2, -0.15) is 0 Å². The van der Waals surface area contributed by atoms with Crippen LogP contribution >= 0.6 is 11.6 Å². The molecule has 5 heteroatoms. The van der Waals surface area contributed by atoms with E-state index >= 15 is 0 Å². The molecular weight excluding hydrogens is 300 g/mol. The van der Waals surface area contributed by atoms with Gasteiger partial charge in [0, 0.05) is 29.6 Å². The Balaban J connectivity index is 1.46. The molecule has 0 bridgehead atoms.